The van der Waals surface area contributed by atoms with Crippen molar-refractivity contribution >= 4 is 23.6 Å². The van der Waals surface area contributed by atoms with Crippen LogP contribution in [0.2, 0.25) is 0 Å². The van der Waals surface area contributed by atoms with Gasteiger partial charge in [-0.25, -0.2) is 0 Å². The molecular weight excluding hydrogens is 430 g/mol. The number of hydrogen-bond donors (Lipinski definition) is 1. The first-order chi connectivity index (χ1) is 15.5. The molecule has 0 aliphatic carbocycles. The smallest absolute Gasteiger partial charge is 0.264 e. The largest absolute Gasteiger partial charge is 0.497 e. The molecule has 166 valence electrons. The summed E-state index contributed by atoms with van der Waals surface area (Å²) in [5.74, 6) is 1.13. The van der Waals surface area contributed by atoms with Crippen LogP contribution < -0.4 is 10.5 Å². The highest BCUT2D eigenvalue weighted by Crippen LogP contribution is 2.43. The van der Waals surface area contributed by atoms with Crippen molar-refractivity contribution in [1.82, 2.24) is 19.7 Å². The van der Waals surface area contributed by atoms with Crippen molar-refractivity contribution < 1.29 is 18.7 Å². The summed E-state index contributed by atoms with van der Waals surface area (Å²) in [4.78, 5) is 31.9. The number of nitrogens with two attached hydrogens (primary N) is 1. The van der Waals surface area contributed by atoms with Crippen molar-refractivity contribution in [3.05, 3.63) is 48.2 Å². The molecule has 2 aliphatic rings. The SMILES string of the molecule is COc1cccc(C(C2Sc3nc(-c4ccco4)nn3C2=O)N2CCC(C(N)=O)CC2)c1. The Bertz CT molecular complexity index is 1140. The van der Waals surface area contributed by atoms with Crippen LogP contribution in [0.3, 0.4) is 0 Å². The minimum absolute atomic E-state index is 0.125. The number of benzene rings is 1. The number of carbonyl (C=O) groups excluding carboxylic acids is 2. The first kappa shape index (κ1) is 20.8. The molecule has 2 aliphatic heterocycles. The summed E-state index contributed by atoms with van der Waals surface area (Å²) in [5, 5.41) is 4.52. The number of furan rings is 1. The fourth-order valence-electron chi connectivity index (χ4n) is 4.38. The molecule has 0 spiro atoms. The molecule has 1 saturated heterocycles. The van der Waals surface area contributed by atoms with Crippen molar-refractivity contribution in [1.29, 1.82) is 0 Å². The minimum Gasteiger partial charge on any atom is -0.497 e. The monoisotopic (exact) mass is 453 g/mol. The molecule has 9 nitrogen and oxygen atoms in total. The Hall–Kier alpha value is -3.11. The van der Waals surface area contributed by atoms with Gasteiger partial charge in [-0.3, -0.25) is 14.5 Å². The number of hydrogen-bond acceptors (Lipinski definition) is 8. The van der Waals surface area contributed by atoms with Crippen LogP contribution >= 0.6 is 11.8 Å². The maximum absolute atomic E-state index is 13.4. The molecule has 2 N–H and O–H groups in total. The van der Waals surface area contributed by atoms with Gasteiger partial charge in [0.25, 0.3) is 5.91 Å². The number of amides is 1. The van der Waals surface area contributed by atoms with Gasteiger partial charge in [-0.1, -0.05) is 23.9 Å². The average Bonchev–Trinajstić information content (AvgIpc) is 3.53. The molecule has 1 amide bonds. The topological polar surface area (TPSA) is 116 Å². The van der Waals surface area contributed by atoms with E-state index in [1.165, 1.54) is 16.4 Å². The number of carbonyl (C=O) groups is 2. The Morgan fingerprint density at radius 2 is 2.09 bits per heavy atom. The van der Waals surface area contributed by atoms with E-state index in [1.807, 2.05) is 24.3 Å². The van der Waals surface area contributed by atoms with Gasteiger partial charge in [0.05, 0.1) is 19.4 Å². The normalized spacial score (nSPS) is 20.3. The van der Waals surface area contributed by atoms with Crippen molar-refractivity contribution in [2.75, 3.05) is 20.2 Å². The van der Waals surface area contributed by atoms with E-state index in [1.54, 1.807) is 25.5 Å². The zero-order chi connectivity index (χ0) is 22.2. The van der Waals surface area contributed by atoms with Crippen LogP contribution in [0, 0.1) is 5.92 Å². The standard InChI is InChI=1S/C22H23N5O4S/c1-30-15-5-2-4-14(12-15)17(26-9-7-13(8-10-26)19(23)28)18-21(29)27-22(32-18)24-20(25-27)16-6-3-11-31-16/h2-6,11-13,17-18H,7-10H2,1H3,(H2,23,28). The molecule has 0 bridgehead atoms. The molecule has 2 atom stereocenters. The predicted molar refractivity (Wildman–Crippen MR) is 117 cm³/mol. The maximum atomic E-state index is 13.4. The summed E-state index contributed by atoms with van der Waals surface area (Å²) in [6.45, 7) is 1.35. The van der Waals surface area contributed by atoms with Crippen LogP contribution in [0.5, 0.6) is 5.75 Å². The molecule has 3 aromatic rings. The molecular formula is C22H23N5O4S. The van der Waals surface area contributed by atoms with Gasteiger partial charge in [0.15, 0.2) is 10.9 Å². The third-order valence-electron chi connectivity index (χ3n) is 6.05. The second-order valence-corrected chi connectivity index (χ2v) is 9.03. The number of fused-ring (bicyclic) bond motifs is 1. The van der Waals surface area contributed by atoms with Gasteiger partial charge in [-0.05, 0) is 55.8 Å². The summed E-state index contributed by atoms with van der Waals surface area (Å²) in [6.07, 6.45) is 2.90. The lowest BCUT2D eigenvalue weighted by atomic mass is 9.92. The lowest BCUT2D eigenvalue weighted by Crippen LogP contribution is -2.45. The molecule has 4 heterocycles. The first-order valence-corrected chi connectivity index (χ1v) is 11.3. The Balaban J connectivity index is 1.45. The summed E-state index contributed by atoms with van der Waals surface area (Å²) >= 11 is 1.40. The van der Waals surface area contributed by atoms with Crippen LogP contribution in [0.15, 0.2) is 52.2 Å². The average molecular weight is 454 g/mol. The van der Waals surface area contributed by atoms with Crippen molar-refractivity contribution in [3.63, 3.8) is 0 Å². The molecule has 1 aromatic carbocycles. The van der Waals surface area contributed by atoms with Gasteiger partial charge in [0, 0.05) is 5.92 Å². The molecule has 2 aromatic heterocycles. The highest BCUT2D eigenvalue weighted by atomic mass is 32.2. The van der Waals surface area contributed by atoms with Crippen LogP contribution in [-0.2, 0) is 4.79 Å². The predicted octanol–water partition coefficient (Wildman–Crippen LogP) is 2.60. The minimum atomic E-state index is -0.423. The Labute approximate surface area is 188 Å². The fourth-order valence-corrected chi connectivity index (χ4v) is 5.63. The van der Waals surface area contributed by atoms with Crippen LogP contribution in [0.1, 0.15) is 29.2 Å². The van der Waals surface area contributed by atoms with Crippen molar-refractivity contribution in [2.45, 2.75) is 29.3 Å². The van der Waals surface area contributed by atoms with Gasteiger partial charge in [-0.2, -0.15) is 9.67 Å². The lowest BCUT2D eigenvalue weighted by molar-refractivity contribution is -0.123. The number of thioether (sulfide) groups is 1. The summed E-state index contributed by atoms with van der Waals surface area (Å²) in [6, 6.07) is 11.1. The summed E-state index contributed by atoms with van der Waals surface area (Å²) in [5.41, 5.74) is 6.50. The van der Waals surface area contributed by atoms with Gasteiger partial charge in [-0.15, -0.1) is 5.10 Å². The molecule has 5 rings (SSSR count). The van der Waals surface area contributed by atoms with E-state index in [-0.39, 0.29) is 23.8 Å². The van der Waals surface area contributed by atoms with Crippen LogP contribution in [0.4, 0.5) is 0 Å². The van der Waals surface area contributed by atoms with E-state index in [2.05, 4.69) is 15.0 Å². The van der Waals surface area contributed by atoms with Crippen molar-refractivity contribution in [3.8, 4) is 17.3 Å². The second kappa shape index (κ2) is 8.44. The van der Waals surface area contributed by atoms with Gasteiger partial charge in [0.2, 0.25) is 11.7 Å². The second-order valence-electron chi connectivity index (χ2n) is 7.92. The molecule has 0 saturated carbocycles. The molecule has 1 fully saturated rings. The zero-order valence-electron chi connectivity index (χ0n) is 17.5. The Morgan fingerprint density at radius 1 is 1.28 bits per heavy atom. The summed E-state index contributed by atoms with van der Waals surface area (Å²) in [7, 11) is 1.62. The van der Waals surface area contributed by atoms with E-state index in [0.29, 0.717) is 42.7 Å². The van der Waals surface area contributed by atoms with Crippen LogP contribution in [-0.4, -0.2) is 56.9 Å². The highest BCUT2D eigenvalue weighted by molar-refractivity contribution is 8.00. The van der Waals surface area contributed by atoms with Crippen molar-refractivity contribution in [2.24, 2.45) is 11.7 Å². The van der Waals surface area contributed by atoms with Gasteiger partial charge >= 0.3 is 0 Å². The molecule has 10 heteroatoms. The van der Waals surface area contributed by atoms with E-state index in [9.17, 15) is 9.59 Å². The van der Waals surface area contributed by atoms with Gasteiger partial charge < -0.3 is 14.9 Å². The molecule has 32 heavy (non-hydrogen) atoms. The molecule has 0 radical (unpaired) electrons. The number of rotatable bonds is 6. The Morgan fingerprint density at radius 3 is 2.75 bits per heavy atom. The Kier molecular flexibility index (Phi) is 5.48. The number of aromatic nitrogens is 3. The lowest BCUT2D eigenvalue weighted by Gasteiger charge is -2.38. The van der Waals surface area contributed by atoms with E-state index >= 15 is 0 Å². The first-order valence-electron chi connectivity index (χ1n) is 10.4. The number of methoxy groups -OCH3 is 1. The maximum Gasteiger partial charge on any atom is 0.264 e. The number of piperidine rings is 1. The quantitative estimate of drug-likeness (QED) is 0.605. The summed E-state index contributed by atoms with van der Waals surface area (Å²) < 4.78 is 12.2. The number of likely N-dealkylation sites (tertiary alicyclic amines) is 1. The van der Waals surface area contributed by atoms with E-state index < -0.39 is 5.25 Å². The number of ether oxygens (including phenoxy) is 1. The third-order valence-corrected chi connectivity index (χ3v) is 7.24. The highest BCUT2D eigenvalue weighted by Gasteiger charge is 2.44. The number of primary amides is 1. The zero-order valence-corrected chi connectivity index (χ0v) is 18.3. The fraction of sp³-hybridized carbons (Fsp3) is 0.364. The van der Waals surface area contributed by atoms with E-state index in [0.717, 1.165) is 11.3 Å². The third kappa shape index (κ3) is 3.69. The molecule has 2 unspecified atom stereocenters. The van der Waals surface area contributed by atoms with E-state index in [4.69, 9.17) is 14.9 Å². The van der Waals surface area contributed by atoms with Crippen LogP contribution in [0.25, 0.3) is 11.6 Å². The number of nitrogens with zero attached hydrogens (tertiary/aromatic N) is 4. The van der Waals surface area contributed by atoms with Gasteiger partial charge in [0.1, 0.15) is 11.0 Å².